The van der Waals surface area contributed by atoms with E-state index in [0.29, 0.717) is 6.04 Å². The summed E-state index contributed by atoms with van der Waals surface area (Å²) in [6.45, 7) is 0. The number of carbonyl (C=O) groups excluding carboxylic acids is 1. The molecule has 2 N–H and O–H groups in total. The topological polar surface area (TPSA) is 43.1 Å². The number of carbonyl (C=O) groups is 1. The van der Waals surface area contributed by atoms with Gasteiger partial charge in [0.05, 0.1) is 0 Å². The zero-order valence-electron chi connectivity index (χ0n) is 11.0. The maximum atomic E-state index is 12.5. The molecule has 0 atom stereocenters. The van der Waals surface area contributed by atoms with E-state index in [-0.39, 0.29) is 11.7 Å². The molecule has 0 radical (unpaired) electrons. The van der Waals surface area contributed by atoms with Crippen LogP contribution >= 0.6 is 0 Å². The number of rotatable bonds is 2. The van der Waals surface area contributed by atoms with Crippen LogP contribution in [0.5, 0.6) is 0 Å². The van der Waals surface area contributed by atoms with Crippen LogP contribution in [0.25, 0.3) is 10.8 Å². The molecule has 98 valence electrons. The van der Waals surface area contributed by atoms with Crippen molar-refractivity contribution < 1.29 is 4.79 Å². The Kier molecular flexibility index (Phi) is 3.34. The third-order valence-corrected chi connectivity index (χ3v) is 4.18. The van der Waals surface area contributed by atoms with E-state index in [1.165, 1.54) is 5.39 Å². The van der Waals surface area contributed by atoms with Crippen molar-refractivity contribution in [3.8, 4) is 0 Å². The fraction of sp³-hybridized carbons (Fsp3) is 0.353. The second kappa shape index (κ2) is 5.14. The van der Waals surface area contributed by atoms with Crippen LogP contribution in [0.1, 0.15) is 36.0 Å². The van der Waals surface area contributed by atoms with Crippen molar-refractivity contribution >= 4 is 16.6 Å². The number of hydrogen-bond donors (Lipinski definition) is 1. The van der Waals surface area contributed by atoms with Crippen molar-refractivity contribution in [2.45, 2.75) is 31.7 Å². The summed E-state index contributed by atoms with van der Waals surface area (Å²) in [6.07, 6.45) is 3.83. The highest BCUT2D eigenvalue weighted by molar-refractivity contribution is 6.01. The van der Waals surface area contributed by atoms with Crippen LogP contribution in [0.3, 0.4) is 0 Å². The molecule has 0 aliphatic heterocycles. The van der Waals surface area contributed by atoms with Gasteiger partial charge in [-0.05, 0) is 42.5 Å². The molecule has 19 heavy (non-hydrogen) atoms. The Morgan fingerprint density at radius 3 is 2.37 bits per heavy atom. The Morgan fingerprint density at radius 2 is 1.63 bits per heavy atom. The molecule has 0 saturated heterocycles. The molecule has 2 aromatic rings. The van der Waals surface area contributed by atoms with E-state index >= 15 is 0 Å². The first-order chi connectivity index (χ1) is 9.24. The summed E-state index contributed by atoms with van der Waals surface area (Å²) >= 11 is 0. The van der Waals surface area contributed by atoms with E-state index in [2.05, 4.69) is 12.1 Å². The van der Waals surface area contributed by atoms with Crippen LogP contribution in [0.2, 0.25) is 0 Å². The van der Waals surface area contributed by atoms with Crippen LogP contribution in [0.15, 0.2) is 42.5 Å². The zero-order valence-corrected chi connectivity index (χ0v) is 11.0. The molecule has 1 fully saturated rings. The Labute approximate surface area is 113 Å². The minimum Gasteiger partial charge on any atom is -0.328 e. The monoisotopic (exact) mass is 253 g/mol. The second-order valence-electron chi connectivity index (χ2n) is 5.54. The Balaban J connectivity index is 1.85. The van der Waals surface area contributed by atoms with Gasteiger partial charge < -0.3 is 5.73 Å². The molecule has 3 rings (SSSR count). The predicted molar refractivity (Wildman–Crippen MR) is 78.2 cm³/mol. The highest BCUT2D eigenvalue weighted by atomic mass is 16.1. The van der Waals surface area contributed by atoms with Crippen molar-refractivity contribution in [2.75, 3.05) is 0 Å². The summed E-state index contributed by atoms with van der Waals surface area (Å²) in [7, 11) is 0. The van der Waals surface area contributed by atoms with Gasteiger partial charge in [-0.15, -0.1) is 0 Å². The summed E-state index contributed by atoms with van der Waals surface area (Å²) < 4.78 is 0. The molecule has 2 heteroatoms. The van der Waals surface area contributed by atoms with Crippen molar-refractivity contribution in [3.63, 3.8) is 0 Å². The lowest BCUT2D eigenvalue weighted by Gasteiger charge is -2.25. The summed E-state index contributed by atoms with van der Waals surface area (Å²) in [5, 5.41) is 2.32. The third-order valence-electron chi connectivity index (χ3n) is 4.18. The van der Waals surface area contributed by atoms with Gasteiger partial charge in [0, 0.05) is 17.5 Å². The van der Waals surface area contributed by atoms with Crippen molar-refractivity contribution in [1.82, 2.24) is 0 Å². The predicted octanol–water partition coefficient (Wildman–Crippen LogP) is 3.54. The largest absolute Gasteiger partial charge is 0.328 e. The summed E-state index contributed by atoms with van der Waals surface area (Å²) in [5.74, 6) is 0.457. The van der Waals surface area contributed by atoms with Crippen LogP contribution in [-0.2, 0) is 0 Å². The van der Waals surface area contributed by atoms with Crippen molar-refractivity contribution in [1.29, 1.82) is 0 Å². The van der Waals surface area contributed by atoms with Gasteiger partial charge in [0.25, 0.3) is 0 Å². The van der Waals surface area contributed by atoms with Crippen LogP contribution in [0.4, 0.5) is 0 Å². The first-order valence-corrected chi connectivity index (χ1v) is 7.02. The molecule has 0 bridgehead atoms. The van der Waals surface area contributed by atoms with Gasteiger partial charge in [-0.2, -0.15) is 0 Å². The lowest BCUT2D eigenvalue weighted by molar-refractivity contribution is 0.0885. The lowest BCUT2D eigenvalue weighted by atomic mass is 9.81. The minimum atomic E-state index is 0.168. The molecule has 1 aliphatic rings. The van der Waals surface area contributed by atoms with E-state index in [4.69, 9.17) is 5.73 Å². The second-order valence-corrected chi connectivity index (χ2v) is 5.54. The quantitative estimate of drug-likeness (QED) is 0.832. The first-order valence-electron chi connectivity index (χ1n) is 7.02. The molecule has 1 aliphatic carbocycles. The molecule has 0 amide bonds. The lowest BCUT2D eigenvalue weighted by Crippen LogP contribution is -2.29. The van der Waals surface area contributed by atoms with E-state index in [9.17, 15) is 4.79 Å². The molecule has 0 aromatic heterocycles. The Bertz CT molecular complexity index is 597. The smallest absolute Gasteiger partial charge is 0.165 e. The van der Waals surface area contributed by atoms with Crippen LogP contribution in [0, 0.1) is 5.92 Å². The minimum absolute atomic E-state index is 0.168. The Morgan fingerprint density at radius 1 is 0.947 bits per heavy atom. The maximum Gasteiger partial charge on any atom is 0.165 e. The van der Waals surface area contributed by atoms with E-state index in [1.807, 2.05) is 30.3 Å². The van der Waals surface area contributed by atoms with Gasteiger partial charge in [0.15, 0.2) is 5.78 Å². The van der Waals surface area contributed by atoms with Crippen molar-refractivity contribution in [3.05, 3.63) is 48.0 Å². The van der Waals surface area contributed by atoms with Gasteiger partial charge >= 0.3 is 0 Å². The number of Topliss-reactive ketones (excluding diaryl/α,β-unsaturated/α-hetero) is 1. The summed E-state index contributed by atoms with van der Waals surface area (Å²) in [4.78, 5) is 12.5. The molecule has 0 unspecified atom stereocenters. The van der Waals surface area contributed by atoms with Gasteiger partial charge in [0.1, 0.15) is 0 Å². The third kappa shape index (κ3) is 2.54. The number of benzene rings is 2. The van der Waals surface area contributed by atoms with Gasteiger partial charge in [-0.25, -0.2) is 0 Å². The van der Waals surface area contributed by atoms with Crippen molar-refractivity contribution in [2.24, 2.45) is 11.7 Å². The average molecular weight is 253 g/mol. The fourth-order valence-electron chi connectivity index (χ4n) is 2.96. The maximum absolute atomic E-state index is 12.5. The molecule has 0 heterocycles. The number of fused-ring (bicyclic) bond motifs is 1. The number of ketones is 1. The molecule has 0 spiro atoms. The average Bonchev–Trinajstić information content (AvgIpc) is 2.47. The summed E-state index contributed by atoms with van der Waals surface area (Å²) in [6, 6.07) is 14.5. The van der Waals surface area contributed by atoms with Gasteiger partial charge in [-0.1, -0.05) is 36.4 Å². The number of nitrogens with two attached hydrogens (primary N) is 1. The highest BCUT2D eigenvalue weighted by Crippen LogP contribution is 2.27. The van der Waals surface area contributed by atoms with E-state index < -0.39 is 0 Å². The standard InChI is InChI=1S/C17H19NO/c18-16-9-7-13(8-10-16)17(19)15-6-5-12-3-1-2-4-14(12)11-15/h1-6,11,13,16H,7-10,18H2. The molecule has 2 nitrogen and oxygen atoms in total. The van der Waals surface area contributed by atoms with Gasteiger partial charge in [0.2, 0.25) is 0 Å². The highest BCUT2D eigenvalue weighted by Gasteiger charge is 2.25. The SMILES string of the molecule is NC1CCC(C(=O)c2ccc3ccccc3c2)CC1. The van der Waals surface area contributed by atoms with Gasteiger partial charge in [-0.3, -0.25) is 4.79 Å². The fourth-order valence-corrected chi connectivity index (χ4v) is 2.96. The van der Waals surface area contributed by atoms with E-state index in [1.54, 1.807) is 0 Å². The molecular formula is C17H19NO. The number of hydrogen-bond acceptors (Lipinski definition) is 2. The van der Waals surface area contributed by atoms with E-state index in [0.717, 1.165) is 36.6 Å². The summed E-state index contributed by atoms with van der Waals surface area (Å²) in [5.41, 5.74) is 6.75. The Hall–Kier alpha value is -1.67. The molecule has 2 aromatic carbocycles. The first kappa shape index (κ1) is 12.4. The zero-order chi connectivity index (χ0) is 13.2. The molecular weight excluding hydrogens is 234 g/mol. The molecule has 1 saturated carbocycles. The van der Waals surface area contributed by atoms with Crippen LogP contribution in [-0.4, -0.2) is 11.8 Å². The van der Waals surface area contributed by atoms with Crippen LogP contribution < -0.4 is 5.73 Å². The normalized spacial score (nSPS) is 23.4.